The smallest absolute Gasteiger partial charge is 0.433 e. The van der Waals surface area contributed by atoms with Gasteiger partial charge in [-0.1, -0.05) is 30.0 Å². The average molecular weight is 599 g/mol. The normalized spacial score (nSPS) is 12.9. The van der Waals surface area contributed by atoms with Gasteiger partial charge in [-0.3, -0.25) is 9.59 Å². The van der Waals surface area contributed by atoms with Crippen molar-refractivity contribution in [3.05, 3.63) is 82.4 Å². The van der Waals surface area contributed by atoms with Gasteiger partial charge in [0.15, 0.2) is 5.16 Å². The molecule has 212 valence electrons. The maximum Gasteiger partial charge on any atom is 0.433 e. The fourth-order valence-electron chi connectivity index (χ4n) is 4.45. The van der Waals surface area contributed by atoms with Crippen LogP contribution in [0.4, 0.5) is 23.9 Å². The highest BCUT2D eigenvalue weighted by Crippen LogP contribution is 2.39. The van der Waals surface area contributed by atoms with E-state index in [1.807, 2.05) is 18.2 Å². The Morgan fingerprint density at radius 3 is 2.44 bits per heavy atom. The van der Waals surface area contributed by atoms with Crippen molar-refractivity contribution in [2.24, 2.45) is 0 Å². The molecule has 0 saturated heterocycles. The summed E-state index contributed by atoms with van der Waals surface area (Å²) < 4.78 is 46.0. The van der Waals surface area contributed by atoms with Gasteiger partial charge in [-0.25, -0.2) is 9.97 Å². The summed E-state index contributed by atoms with van der Waals surface area (Å²) in [5.41, 5.74) is 1.42. The molecule has 2 amide bonds. The number of thiophene rings is 1. The van der Waals surface area contributed by atoms with E-state index in [2.05, 4.69) is 20.6 Å². The van der Waals surface area contributed by atoms with Crippen LogP contribution in [0.1, 0.15) is 39.3 Å². The number of carbonyl (C=O) groups is 2. The van der Waals surface area contributed by atoms with Gasteiger partial charge in [0.05, 0.1) is 24.1 Å². The fraction of sp³-hybridized carbons (Fsp3) is 0.241. The first-order valence-corrected chi connectivity index (χ1v) is 14.6. The number of methoxy groups -OCH3 is 1. The van der Waals surface area contributed by atoms with Gasteiger partial charge >= 0.3 is 6.18 Å². The Morgan fingerprint density at radius 2 is 1.73 bits per heavy atom. The van der Waals surface area contributed by atoms with Gasteiger partial charge in [-0.05, 0) is 73.7 Å². The van der Waals surface area contributed by atoms with Crippen molar-refractivity contribution < 1.29 is 27.5 Å². The monoisotopic (exact) mass is 598 g/mol. The molecule has 0 aliphatic heterocycles. The maximum absolute atomic E-state index is 13.6. The van der Waals surface area contributed by atoms with Crippen LogP contribution < -0.4 is 15.4 Å². The number of halogens is 3. The van der Waals surface area contributed by atoms with E-state index >= 15 is 0 Å². The molecule has 2 heterocycles. The predicted octanol–water partition coefficient (Wildman–Crippen LogP) is 7.09. The summed E-state index contributed by atoms with van der Waals surface area (Å²) >= 11 is 2.16. The van der Waals surface area contributed by atoms with E-state index in [1.54, 1.807) is 36.4 Å². The molecule has 0 bridgehead atoms. The van der Waals surface area contributed by atoms with Gasteiger partial charge in [-0.15, -0.1) is 11.3 Å². The number of amides is 2. The van der Waals surface area contributed by atoms with E-state index in [9.17, 15) is 22.8 Å². The van der Waals surface area contributed by atoms with E-state index in [-0.39, 0.29) is 22.5 Å². The highest BCUT2D eigenvalue weighted by molar-refractivity contribution is 7.99. The fourth-order valence-corrected chi connectivity index (χ4v) is 6.41. The summed E-state index contributed by atoms with van der Waals surface area (Å²) in [4.78, 5) is 35.2. The van der Waals surface area contributed by atoms with Gasteiger partial charge in [-0.2, -0.15) is 13.2 Å². The first-order valence-electron chi connectivity index (χ1n) is 12.8. The molecular weight excluding hydrogens is 573 g/mol. The molecule has 0 radical (unpaired) electrons. The third kappa shape index (κ3) is 6.88. The summed E-state index contributed by atoms with van der Waals surface area (Å²) in [5.74, 6) is -0.485. The minimum Gasteiger partial charge on any atom is -0.497 e. The first-order chi connectivity index (χ1) is 19.7. The van der Waals surface area contributed by atoms with Crippen molar-refractivity contribution >= 4 is 45.6 Å². The van der Waals surface area contributed by atoms with Crippen LogP contribution >= 0.6 is 23.1 Å². The zero-order chi connectivity index (χ0) is 29.0. The highest BCUT2D eigenvalue weighted by Gasteiger charge is 2.34. The lowest BCUT2D eigenvalue weighted by Crippen LogP contribution is -2.19. The van der Waals surface area contributed by atoms with Crippen LogP contribution in [0.15, 0.2) is 65.8 Å². The molecule has 4 aromatic rings. The Balaban J connectivity index is 1.35. The number of hydrogen-bond donors (Lipinski definition) is 2. The van der Waals surface area contributed by atoms with Crippen molar-refractivity contribution in [2.45, 2.75) is 37.0 Å². The van der Waals surface area contributed by atoms with Gasteiger partial charge in [0, 0.05) is 16.1 Å². The number of aryl methyl sites for hydroxylation is 1. The number of aromatic nitrogens is 2. The van der Waals surface area contributed by atoms with Crippen LogP contribution in [-0.4, -0.2) is 34.6 Å². The topological polar surface area (TPSA) is 93.2 Å². The molecule has 0 spiro atoms. The Hall–Kier alpha value is -3.90. The second-order valence-electron chi connectivity index (χ2n) is 9.22. The van der Waals surface area contributed by atoms with Crippen molar-refractivity contribution in [3.63, 3.8) is 0 Å². The largest absolute Gasteiger partial charge is 0.497 e. The highest BCUT2D eigenvalue weighted by atomic mass is 32.2. The molecule has 7 nitrogen and oxygen atoms in total. The molecule has 41 heavy (non-hydrogen) atoms. The van der Waals surface area contributed by atoms with Crippen LogP contribution in [0.25, 0.3) is 11.3 Å². The zero-order valence-electron chi connectivity index (χ0n) is 21.9. The molecule has 1 aliphatic carbocycles. The average Bonchev–Trinajstić information content (AvgIpc) is 3.34. The zero-order valence-corrected chi connectivity index (χ0v) is 23.5. The van der Waals surface area contributed by atoms with E-state index in [0.29, 0.717) is 27.6 Å². The quantitative estimate of drug-likeness (QED) is 0.166. The predicted molar refractivity (Wildman–Crippen MR) is 154 cm³/mol. The Kier molecular flexibility index (Phi) is 8.60. The number of nitrogens with zero attached hydrogens (tertiary/aromatic N) is 2. The summed E-state index contributed by atoms with van der Waals surface area (Å²) in [5, 5.41) is 5.95. The lowest BCUT2D eigenvalue weighted by atomic mass is 9.95. The molecule has 2 aromatic heterocycles. The lowest BCUT2D eigenvalue weighted by molar-refractivity contribution is -0.141. The van der Waals surface area contributed by atoms with Crippen LogP contribution in [0.2, 0.25) is 0 Å². The van der Waals surface area contributed by atoms with E-state index in [1.165, 1.54) is 18.4 Å². The Morgan fingerprint density at radius 1 is 1.00 bits per heavy atom. The standard InChI is InChI=1S/C29H25F3N4O3S2/c1-39-19-13-11-17(12-14-19)21-15-23(29(30,31)32)35-28(34-21)40-16-24(37)36-27-25(20-9-5-6-10-22(20)41-27)26(38)33-18-7-3-2-4-8-18/h2-4,7-8,11-15H,5-6,9-10,16H2,1H3,(H,33,38)(H,36,37). The number of nitrogens with one attached hydrogen (secondary N) is 2. The van der Waals surface area contributed by atoms with Crippen LogP contribution in [0, 0.1) is 0 Å². The summed E-state index contributed by atoms with van der Waals surface area (Å²) in [6.45, 7) is 0. The lowest BCUT2D eigenvalue weighted by Gasteiger charge is -2.13. The SMILES string of the molecule is COc1ccc(-c2cc(C(F)(F)F)nc(SCC(=O)Nc3sc4c(c3C(=O)Nc3ccccc3)CCCC4)n2)cc1. The van der Waals surface area contributed by atoms with Crippen molar-refractivity contribution in [3.8, 4) is 17.0 Å². The van der Waals surface area contributed by atoms with E-state index in [0.717, 1.165) is 54.0 Å². The summed E-state index contributed by atoms with van der Waals surface area (Å²) in [6, 6.07) is 16.4. The molecule has 0 fully saturated rings. The summed E-state index contributed by atoms with van der Waals surface area (Å²) in [6.07, 6.45) is -1.19. The molecular formula is C29H25F3N4O3S2. The van der Waals surface area contributed by atoms with Gasteiger partial charge < -0.3 is 15.4 Å². The number of carbonyl (C=O) groups excluding carboxylic acids is 2. The minimum absolute atomic E-state index is 0.0729. The Labute approximate surface area is 242 Å². The van der Waals surface area contributed by atoms with E-state index in [4.69, 9.17) is 4.74 Å². The molecule has 2 aromatic carbocycles. The molecule has 1 aliphatic rings. The first kappa shape index (κ1) is 28.6. The van der Waals surface area contributed by atoms with Crippen molar-refractivity contribution in [1.29, 1.82) is 0 Å². The number of hydrogen-bond acceptors (Lipinski definition) is 7. The molecule has 0 unspecified atom stereocenters. The van der Waals surface area contributed by atoms with Crippen LogP contribution in [-0.2, 0) is 23.8 Å². The minimum atomic E-state index is -4.70. The van der Waals surface area contributed by atoms with Gasteiger partial charge in [0.2, 0.25) is 5.91 Å². The molecule has 5 rings (SSSR count). The Bertz CT molecular complexity index is 1560. The van der Waals surface area contributed by atoms with Gasteiger partial charge in [0.25, 0.3) is 5.91 Å². The second-order valence-corrected chi connectivity index (χ2v) is 11.3. The van der Waals surface area contributed by atoms with Crippen molar-refractivity contribution in [2.75, 3.05) is 23.5 Å². The number of ether oxygens (including phenoxy) is 1. The third-order valence-corrected chi connectivity index (χ3v) is 8.45. The van der Waals surface area contributed by atoms with Crippen LogP contribution in [0.5, 0.6) is 5.75 Å². The number of anilines is 2. The number of thioether (sulfide) groups is 1. The molecule has 2 N–H and O–H groups in total. The number of fused-ring (bicyclic) bond motifs is 1. The number of rotatable bonds is 8. The van der Waals surface area contributed by atoms with Gasteiger partial charge in [0.1, 0.15) is 16.4 Å². The molecule has 0 saturated carbocycles. The van der Waals surface area contributed by atoms with E-state index < -0.39 is 17.8 Å². The molecule has 0 atom stereocenters. The number of alkyl halides is 3. The second kappa shape index (κ2) is 12.3. The third-order valence-electron chi connectivity index (χ3n) is 6.40. The number of benzene rings is 2. The molecule has 12 heteroatoms. The van der Waals surface area contributed by atoms with Crippen molar-refractivity contribution in [1.82, 2.24) is 9.97 Å². The van der Waals surface area contributed by atoms with Crippen LogP contribution in [0.3, 0.4) is 0 Å². The summed E-state index contributed by atoms with van der Waals surface area (Å²) in [7, 11) is 1.49. The maximum atomic E-state index is 13.6. The number of para-hydroxylation sites is 1.